The summed E-state index contributed by atoms with van der Waals surface area (Å²) in [7, 11) is 0. The van der Waals surface area contributed by atoms with E-state index in [1.54, 1.807) is 12.1 Å². The fourth-order valence-electron chi connectivity index (χ4n) is 3.04. The first-order chi connectivity index (χ1) is 15.0. The first kappa shape index (κ1) is 24.5. The van der Waals surface area contributed by atoms with Gasteiger partial charge in [-0.05, 0) is 19.1 Å². The van der Waals surface area contributed by atoms with Crippen molar-refractivity contribution in [2.45, 2.75) is 44.1 Å². The van der Waals surface area contributed by atoms with Crippen LogP contribution in [0.1, 0.15) is 30.1 Å². The van der Waals surface area contributed by atoms with Crippen molar-refractivity contribution in [2.24, 2.45) is 5.73 Å². The highest BCUT2D eigenvalue weighted by Gasteiger charge is 2.34. The number of urea groups is 1. The summed E-state index contributed by atoms with van der Waals surface area (Å²) in [5.41, 5.74) is 5.64. The van der Waals surface area contributed by atoms with Crippen molar-refractivity contribution >= 4 is 35.3 Å². The van der Waals surface area contributed by atoms with Crippen molar-refractivity contribution in [1.82, 2.24) is 10.6 Å². The van der Waals surface area contributed by atoms with Gasteiger partial charge in [0.25, 0.3) is 0 Å². The van der Waals surface area contributed by atoms with Crippen LogP contribution in [0.3, 0.4) is 0 Å². The lowest BCUT2D eigenvalue weighted by Crippen LogP contribution is -2.53. The van der Waals surface area contributed by atoms with Crippen LogP contribution >= 0.6 is 0 Å². The Morgan fingerprint density at radius 2 is 1.91 bits per heavy atom. The Morgan fingerprint density at radius 1 is 1.22 bits per heavy atom. The lowest BCUT2D eigenvalue weighted by atomic mass is 9.90. The number of Topliss-reactive ketones (excluding diaryl/α,β-unsaturated/α-hetero) is 1. The van der Waals surface area contributed by atoms with E-state index in [4.69, 9.17) is 5.73 Å². The van der Waals surface area contributed by atoms with Gasteiger partial charge in [-0.1, -0.05) is 18.2 Å². The van der Waals surface area contributed by atoms with Gasteiger partial charge in [0.2, 0.25) is 11.8 Å². The number of aliphatic hydroxyl groups excluding tert-OH is 2. The molecule has 0 heterocycles. The predicted molar refractivity (Wildman–Crippen MR) is 108 cm³/mol. The minimum absolute atomic E-state index is 0.101. The number of carboxylic acid groups (broad SMARTS) is 1. The van der Waals surface area contributed by atoms with Crippen molar-refractivity contribution in [3.05, 3.63) is 41.5 Å². The Morgan fingerprint density at radius 3 is 2.50 bits per heavy atom. The molecule has 0 saturated heterocycles. The Bertz CT molecular complexity index is 961. The molecule has 12 nitrogen and oxygen atoms in total. The van der Waals surface area contributed by atoms with Crippen LogP contribution in [-0.4, -0.2) is 64.1 Å². The number of hydrogen-bond acceptors (Lipinski definition) is 8. The van der Waals surface area contributed by atoms with E-state index in [0.717, 1.165) is 0 Å². The fraction of sp³-hybridized carbons (Fsp3) is 0.350. The first-order valence-electron chi connectivity index (χ1n) is 9.53. The van der Waals surface area contributed by atoms with Gasteiger partial charge in [-0.25, -0.2) is 4.79 Å². The molecule has 1 aromatic carbocycles. The number of rotatable bonds is 8. The van der Waals surface area contributed by atoms with Crippen molar-refractivity contribution in [2.75, 3.05) is 5.32 Å². The van der Waals surface area contributed by atoms with Crippen LogP contribution < -0.4 is 26.8 Å². The molecule has 32 heavy (non-hydrogen) atoms. The van der Waals surface area contributed by atoms with Crippen molar-refractivity contribution in [1.29, 1.82) is 0 Å². The van der Waals surface area contributed by atoms with Gasteiger partial charge in [-0.3, -0.25) is 14.4 Å². The van der Waals surface area contributed by atoms with Crippen LogP contribution in [0, 0.1) is 0 Å². The number of ketones is 1. The van der Waals surface area contributed by atoms with Crippen molar-refractivity contribution in [3.63, 3.8) is 0 Å². The summed E-state index contributed by atoms with van der Waals surface area (Å²) >= 11 is 0. The minimum Gasteiger partial charge on any atom is -0.550 e. The number of carbonyl (C=O) groups excluding carboxylic acids is 5. The molecule has 172 valence electrons. The summed E-state index contributed by atoms with van der Waals surface area (Å²) in [6, 6.07) is 2.60. The van der Waals surface area contributed by atoms with E-state index in [9.17, 15) is 39.3 Å². The molecular formula is C20H23N4O8-. The zero-order valence-electron chi connectivity index (χ0n) is 17.0. The number of aliphatic carboxylic acids is 1. The molecule has 1 aliphatic carbocycles. The summed E-state index contributed by atoms with van der Waals surface area (Å²) in [5.74, 6) is -3.80. The Hall–Kier alpha value is -3.77. The molecule has 0 radical (unpaired) electrons. The molecule has 7 N–H and O–H groups in total. The summed E-state index contributed by atoms with van der Waals surface area (Å²) in [6.45, 7) is 1.37. The summed E-state index contributed by atoms with van der Waals surface area (Å²) in [5, 5.41) is 38.0. The van der Waals surface area contributed by atoms with Crippen molar-refractivity contribution < 1.29 is 39.3 Å². The molecule has 1 aliphatic rings. The number of benzene rings is 1. The van der Waals surface area contributed by atoms with E-state index in [2.05, 4.69) is 16.0 Å². The average molecular weight is 447 g/mol. The van der Waals surface area contributed by atoms with E-state index in [0.29, 0.717) is 11.3 Å². The minimum atomic E-state index is -1.60. The lowest BCUT2D eigenvalue weighted by molar-refractivity contribution is -0.306. The Labute approximate surface area is 182 Å². The van der Waals surface area contributed by atoms with E-state index in [-0.39, 0.29) is 17.8 Å². The molecule has 0 unspecified atom stereocenters. The molecule has 0 spiro atoms. The Balaban J connectivity index is 2.12. The second kappa shape index (κ2) is 10.5. The van der Waals surface area contributed by atoms with Crippen LogP contribution in [0.15, 0.2) is 35.9 Å². The summed E-state index contributed by atoms with van der Waals surface area (Å²) in [6.07, 6.45) is -2.86. The third-order valence-corrected chi connectivity index (χ3v) is 4.71. The number of carboxylic acids is 1. The smallest absolute Gasteiger partial charge is 0.319 e. The molecule has 4 amide bonds. The number of aliphatic hydroxyl groups is 2. The quantitative estimate of drug-likeness (QED) is 0.235. The molecule has 0 fully saturated rings. The highest BCUT2D eigenvalue weighted by atomic mass is 16.4. The van der Waals surface area contributed by atoms with Gasteiger partial charge >= 0.3 is 6.03 Å². The monoisotopic (exact) mass is 447 g/mol. The zero-order valence-corrected chi connectivity index (χ0v) is 17.0. The molecule has 0 aromatic heterocycles. The van der Waals surface area contributed by atoms with Crippen LogP contribution in [0.4, 0.5) is 10.5 Å². The van der Waals surface area contributed by atoms with Gasteiger partial charge in [-0.15, -0.1) is 0 Å². The predicted octanol–water partition coefficient (Wildman–Crippen LogP) is -2.46. The normalized spacial score (nSPS) is 21.0. The molecule has 0 saturated carbocycles. The summed E-state index contributed by atoms with van der Waals surface area (Å²) in [4.78, 5) is 58.2. The van der Waals surface area contributed by atoms with E-state index in [1.807, 2.05) is 0 Å². The topological polar surface area (TPSA) is 211 Å². The number of primary amides is 1. The molecular weight excluding hydrogens is 424 g/mol. The molecule has 0 bridgehead atoms. The second-order valence-corrected chi connectivity index (χ2v) is 7.22. The van der Waals surface area contributed by atoms with E-state index < -0.39 is 54.5 Å². The third kappa shape index (κ3) is 6.62. The van der Waals surface area contributed by atoms with Crippen LogP contribution in [0.25, 0.3) is 0 Å². The standard InChI is InChI=1S/C20H24N4O8/c1-9(25)10-3-2-4-12(5-10)22-20(32)24-13-6-11(7-15(26)17(13)29)19(31)23-14(18(21)30)8-16(27)28/h2-6,13-15,17,26,29H,7-8H2,1H3,(H2,21,30)(H,23,31)(H,27,28)(H2,22,24,32)/p-1/t13-,14-,15-,17-/m1/s1. The number of amides is 4. The molecule has 2 rings (SSSR count). The zero-order chi connectivity index (χ0) is 24.0. The first-order valence-corrected chi connectivity index (χ1v) is 9.53. The largest absolute Gasteiger partial charge is 0.550 e. The van der Waals surface area contributed by atoms with Gasteiger partial charge in [0.15, 0.2) is 5.78 Å². The molecule has 1 aromatic rings. The Kier molecular flexibility index (Phi) is 8.04. The van der Waals surface area contributed by atoms with Gasteiger partial charge in [-0.2, -0.15) is 0 Å². The molecule has 4 atom stereocenters. The third-order valence-electron chi connectivity index (χ3n) is 4.71. The van der Waals surface area contributed by atoms with Crippen LogP contribution in [0.2, 0.25) is 0 Å². The number of nitrogens with one attached hydrogen (secondary N) is 3. The van der Waals surface area contributed by atoms with Crippen LogP contribution in [0.5, 0.6) is 0 Å². The average Bonchev–Trinajstić information content (AvgIpc) is 2.70. The highest BCUT2D eigenvalue weighted by molar-refractivity contribution is 5.98. The van der Waals surface area contributed by atoms with Crippen molar-refractivity contribution in [3.8, 4) is 0 Å². The van der Waals surface area contributed by atoms with E-state index in [1.165, 1.54) is 25.1 Å². The van der Waals surface area contributed by atoms with Gasteiger partial charge in [0, 0.05) is 35.6 Å². The maximum absolute atomic E-state index is 12.4. The highest BCUT2D eigenvalue weighted by Crippen LogP contribution is 2.20. The van der Waals surface area contributed by atoms with Gasteiger partial charge < -0.3 is 41.8 Å². The van der Waals surface area contributed by atoms with Crippen LogP contribution in [-0.2, 0) is 14.4 Å². The second-order valence-electron chi connectivity index (χ2n) is 7.22. The lowest BCUT2D eigenvalue weighted by Gasteiger charge is -2.31. The number of carbonyl (C=O) groups is 5. The molecule has 0 aliphatic heterocycles. The maximum Gasteiger partial charge on any atom is 0.319 e. The molecule has 12 heteroatoms. The van der Waals surface area contributed by atoms with E-state index >= 15 is 0 Å². The number of anilines is 1. The van der Waals surface area contributed by atoms with Gasteiger partial charge in [0.1, 0.15) is 12.1 Å². The number of hydrogen-bond donors (Lipinski definition) is 6. The number of nitrogens with two attached hydrogens (primary N) is 1. The van der Waals surface area contributed by atoms with Gasteiger partial charge in [0.05, 0.1) is 12.1 Å². The SMILES string of the molecule is CC(=O)c1cccc(NC(=O)N[C@@H]2C=C(C(=O)N[C@H](CC(=O)[O-])C(N)=O)C[C@@H](O)[C@@H]2O)c1. The maximum atomic E-state index is 12.4. The fourth-order valence-corrected chi connectivity index (χ4v) is 3.04. The summed E-state index contributed by atoms with van der Waals surface area (Å²) < 4.78 is 0.